The number of hydrogen-bond acceptors (Lipinski definition) is 1. The van der Waals surface area contributed by atoms with Gasteiger partial charge in [0.05, 0.1) is 6.42 Å². The number of allylic oxidation sites excluding steroid dienone is 1. The average Bonchev–Trinajstić information content (AvgIpc) is 3.23. The third-order valence-corrected chi connectivity index (χ3v) is 5.65. The van der Waals surface area contributed by atoms with Crippen LogP contribution >= 0.6 is 0 Å². The molecule has 4 rings (SSSR count). The Morgan fingerprint density at radius 1 is 1.16 bits per heavy atom. The van der Waals surface area contributed by atoms with Crippen molar-refractivity contribution in [3.8, 4) is 0 Å². The summed E-state index contributed by atoms with van der Waals surface area (Å²) >= 11 is 0. The van der Waals surface area contributed by atoms with E-state index >= 15 is 0 Å². The number of aromatic nitrogens is 1. The molecule has 0 saturated carbocycles. The van der Waals surface area contributed by atoms with Crippen LogP contribution in [0.25, 0.3) is 10.9 Å². The molecular weight excluding hydrogens is 421 g/mol. The molecule has 0 aliphatic carbocycles. The van der Waals surface area contributed by atoms with Crippen molar-refractivity contribution < 1.29 is 28.6 Å². The van der Waals surface area contributed by atoms with Crippen LogP contribution in [0.2, 0.25) is 0 Å². The summed E-state index contributed by atoms with van der Waals surface area (Å²) in [5.74, 6) is 0. The van der Waals surface area contributed by atoms with Crippen molar-refractivity contribution >= 4 is 17.1 Å². The fraction of sp³-hybridized carbons (Fsp3) is 0.476. The molecule has 0 atom stereocenters. The maximum absolute atomic E-state index is 3.39. The number of rotatable bonds is 4. The normalized spacial score (nSPS) is 19.5. The van der Waals surface area contributed by atoms with Gasteiger partial charge in [-0.1, -0.05) is 18.2 Å². The molecule has 3 nitrogen and oxygen atoms in total. The third kappa shape index (κ3) is 3.78. The predicted octanol–water partition coefficient (Wildman–Crippen LogP) is 0.960. The highest BCUT2D eigenvalue weighted by Crippen LogP contribution is 2.28. The van der Waals surface area contributed by atoms with E-state index in [1.807, 2.05) is 0 Å². The molecule has 0 bridgehead atoms. The Balaban J connectivity index is 0.00000182. The second-order valence-electron chi connectivity index (χ2n) is 7.79. The van der Waals surface area contributed by atoms with E-state index in [2.05, 4.69) is 71.1 Å². The maximum atomic E-state index is 3.39. The van der Waals surface area contributed by atoms with Crippen molar-refractivity contribution in [1.82, 2.24) is 9.88 Å². The Hall–Kier alpha value is -1.30. The van der Waals surface area contributed by atoms with Crippen LogP contribution < -0.4 is 24.0 Å². The van der Waals surface area contributed by atoms with Crippen LogP contribution in [0.3, 0.4) is 0 Å². The largest absolute Gasteiger partial charge is 1.00 e. The van der Waals surface area contributed by atoms with Gasteiger partial charge in [-0.15, -0.1) is 0 Å². The van der Waals surface area contributed by atoms with E-state index in [1.54, 1.807) is 0 Å². The molecule has 0 unspecified atom stereocenters. The molecule has 4 heteroatoms. The fourth-order valence-corrected chi connectivity index (χ4v) is 4.16. The Morgan fingerprint density at radius 2 is 1.92 bits per heavy atom. The number of H-pyrrole nitrogens is 1. The van der Waals surface area contributed by atoms with Gasteiger partial charge in [0, 0.05) is 62.2 Å². The smallest absolute Gasteiger partial charge is 0.165 e. The van der Waals surface area contributed by atoms with Crippen LogP contribution in [0.5, 0.6) is 0 Å². The number of hydrogen-bond donors (Lipinski definition) is 1. The standard InChI is InChI=1S/C21H28N3.HI/c1-21(2)15-18(23-11-5-6-12-23)10-14-24(21)13-9-17-16-22-20-8-4-3-7-19(17)20;/h3-4,7-8,10,14,16,22H,5-6,9,11-13,15H2,1-2H3;1H/q+1;/p-1. The zero-order chi connectivity index (χ0) is 16.6. The zero-order valence-electron chi connectivity index (χ0n) is 15.3. The number of benzene rings is 1. The molecule has 2 aliphatic heterocycles. The lowest BCUT2D eigenvalue weighted by molar-refractivity contribution is -0.597. The molecule has 134 valence electrons. The lowest BCUT2D eigenvalue weighted by Crippen LogP contribution is -3.00. The molecule has 0 radical (unpaired) electrons. The molecular formula is C21H28IN3. The first kappa shape index (κ1) is 18.5. The lowest BCUT2D eigenvalue weighted by atomic mass is 9.93. The van der Waals surface area contributed by atoms with Crippen molar-refractivity contribution in [2.75, 3.05) is 19.6 Å². The van der Waals surface area contributed by atoms with Crippen LogP contribution in [0.1, 0.15) is 38.7 Å². The van der Waals surface area contributed by atoms with E-state index in [4.69, 9.17) is 0 Å². The molecule has 1 saturated heterocycles. The van der Waals surface area contributed by atoms with Crippen molar-refractivity contribution in [3.63, 3.8) is 0 Å². The van der Waals surface area contributed by atoms with Gasteiger partial charge >= 0.3 is 0 Å². The van der Waals surface area contributed by atoms with Gasteiger partial charge in [0.25, 0.3) is 0 Å². The summed E-state index contributed by atoms with van der Waals surface area (Å²) in [5.41, 5.74) is 4.38. The number of likely N-dealkylation sites (tertiary alicyclic amines) is 1. The minimum absolute atomic E-state index is 0. The molecule has 25 heavy (non-hydrogen) atoms. The zero-order valence-corrected chi connectivity index (χ0v) is 17.4. The molecule has 2 aliphatic rings. The number of aromatic amines is 1. The van der Waals surface area contributed by atoms with Gasteiger partial charge in [-0.3, -0.25) is 0 Å². The lowest BCUT2D eigenvalue weighted by Gasteiger charge is -2.31. The van der Waals surface area contributed by atoms with Gasteiger partial charge < -0.3 is 33.9 Å². The van der Waals surface area contributed by atoms with Gasteiger partial charge in [0.15, 0.2) is 11.8 Å². The Morgan fingerprint density at radius 3 is 2.68 bits per heavy atom. The van der Waals surface area contributed by atoms with E-state index in [1.165, 1.54) is 48.1 Å². The molecule has 3 heterocycles. The number of nitrogens with zero attached hydrogens (tertiary/aromatic N) is 2. The molecule has 1 fully saturated rings. The van der Waals surface area contributed by atoms with Crippen LogP contribution in [-0.4, -0.2) is 45.8 Å². The molecule has 1 aromatic heterocycles. The molecule has 0 amide bonds. The highest BCUT2D eigenvalue weighted by molar-refractivity contribution is 5.83. The first-order valence-corrected chi connectivity index (χ1v) is 9.24. The number of fused-ring (bicyclic) bond motifs is 1. The van der Waals surface area contributed by atoms with Crippen molar-refractivity contribution in [3.05, 3.63) is 47.8 Å². The minimum atomic E-state index is 0. The minimum Gasteiger partial charge on any atom is -1.00 e. The van der Waals surface area contributed by atoms with Crippen LogP contribution in [0.4, 0.5) is 0 Å². The topological polar surface area (TPSA) is 22.0 Å². The summed E-state index contributed by atoms with van der Waals surface area (Å²) in [6.45, 7) is 8.30. The first-order valence-electron chi connectivity index (χ1n) is 9.24. The van der Waals surface area contributed by atoms with E-state index in [0.717, 1.165) is 19.4 Å². The third-order valence-electron chi connectivity index (χ3n) is 5.65. The molecule has 1 aromatic carbocycles. The van der Waals surface area contributed by atoms with Crippen molar-refractivity contribution in [2.24, 2.45) is 0 Å². The second kappa shape index (κ2) is 7.52. The van der Waals surface area contributed by atoms with Crippen LogP contribution in [0, 0.1) is 0 Å². The summed E-state index contributed by atoms with van der Waals surface area (Å²) in [5, 5.41) is 1.36. The fourth-order valence-electron chi connectivity index (χ4n) is 4.16. The predicted molar refractivity (Wildman–Crippen MR) is 101 cm³/mol. The number of nitrogens with one attached hydrogen (secondary N) is 1. The van der Waals surface area contributed by atoms with Crippen molar-refractivity contribution in [2.45, 2.75) is 45.1 Å². The Labute approximate surface area is 167 Å². The molecule has 0 spiro atoms. The van der Waals surface area contributed by atoms with E-state index in [-0.39, 0.29) is 29.5 Å². The number of para-hydroxylation sites is 1. The summed E-state index contributed by atoms with van der Waals surface area (Å²) in [4.78, 5) is 5.97. The van der Waals surface area contributed by atoms with Gasteiger partial charge in [-0.25, -0.2) is 4.58 Å². The van der Waals surface area contributed by atoms with E-state index < -0.39 is 0 Å². The monoisotopic (exact) mass is 449 g/mol. The quantitative estimate of drug-likeness (QED) is 0.546. The Bertz CT molecular complexity index is 794. The van der Waals surface area contributed by atoms with Crippen molar-refractivity contribution in [1.29, 1.82) is 0 Å². The van der Waals surface area contributed by atoms with E-state index in [0.29, 0.717) is 0 Å². The molecule has 1 N–H and O–H groups in total. The van der Waals surface area contributed by atoms with Crippen LogP contribution in [-0.2, 0) is 6.42 Å². The first-order chi connectivity index (χ1) is 11.6. The number of halogens is 1. The molecule has 2 aromatic rings. The second-order valence-corrected chi connectivity index (χ2v) is 7.79. The Kier molecular flexibility index (Phi) is 5.56. The van der Waals surface area contributed by atoms with Crippen LogP contribution in [0.15, 0.2) is 42.2 Å². The van der Waals surface area contributed by atoms with Gasteiger partial charge in [-0.05, 0) is 24.5 Å². The summed E-state index contributed by atoms with van der Waals surface area (Å²) < 4.78 is 2.52. The average molecular weight is 449 g/mol. The van der Waals surface area contributed by atoms with Gasteiger partial charge in [0.1, 0.15) is 6.54 Å². The van der Waals surface area contributed by atoms with Gasteiger partial charge in [-0.2, -0.15) is 0 Å². The maximum Gasteiger partial charge on any atom is 0.165 e. The highest BCUT2D eigenvalue weighted by Gasteiger charge is 2.35. The SMILES string of the molecule is CC1(C)CC(N2CCCC2)=CC=[N+]1CCc1c[nH]c2ccccc12.[I-]. The summed E-state index contributed by atoms with van der Waals surface area (Å²) in [6.07, 6.45) is 11.8. The van der Waals surface area contributed by atoms with Gasteiger partial charge in [0.2, 0.25) is 0 Å². The summed E-state index contributed by atoms with van der Waals surface area (Å²) in [6, 6.07) is 8.59. The highest BCUT2D eigenvalue weighted by atomic mass is 127. The van der Waals surface area contributed by atoms with E-state index in [9.17, 15) is 0 Å². The summed E-state index contributed by atoms with van der Waals surface area (Å²) in [7, 11) is 0.